The third-order valence-electron chi connectivity index (χ3n) is 1.21. The van der Waals surface area contributed by atoms with Crippen LogP contribution in [-0.2, 0) is 0 Å². The molecule has 2 nitrogen and oxygen atoms in total. The first-order valence-corrected chi connectivity index (χ1v) is 2.63. The molecular formula is C6H11ClN2. The van der Waals surface area contributed by atoms with Crippen molar-refractivity contribution in [3.8, 4) is 0 Å². The van der Waals surface area contributed by atoms with Crippen LogP contribution in [0.2, 0.25) is 0 Å². The van der Waals surface area contributed by atoms with Crippen molar-refractivity contribution >= 4 is 12.4 Å². The zero-order chi connectivity index (χ0) is 5.98. The van der Waals surface area contributed by atoms with E-state index in [9.17, 15) is 0 Å². The quantitative estimate of drug-likeness (QED) is 0.546. The molecule has 1 aliphatic heterocycles. The predicted molar refractivity (Wildman–Crippen MR) is 41.3 cm³/mol. The van der Waals surface area contributed by atoms with Gasteiger partial charge < -0.3 is 10.6 Å². The van der Waals surface area contributed by atoms with Gasteiger partial charge in [-0.05, 0) is 12.2 Å². The summed E-state index contributed by atoms with van der Waals surface area (Å²) in [6.45, 7) is 0. The van der Waals surface area contributed by atoms with Crippen molar-refractivity contribution in [1.29, 1.82) is 0 Å². The van der Waals surface area contributed by atoms with Crippen molar-refractivity contribution in [2.75, 3.05) is 7.05 Å². The van der Waals surface area contributed by atoms with Crippen molar-refractivity contribution in [1.82, 2.24) is 4.90 Å². The number of hydrogen-bond donors (Lipinski definition) is 1. The van der Waals surface area contributed by atoms with E-state index in [1.165, 1.54) is 0 Å². The molecule has 1 unspecified atom stereocenters. The average Bonchev–Trinajstić information content (AvgIpc) is 1.77. The molecule has 1 aliphatic rings. The standard InChI is InChI=1S/C6H10N2.ClH/c1-8-5-3-2-4-6(8)7;/h2-6H,7H2,1H3;1H. The van der Waals surface area contributed by atoms with Gasteiger partial charge in [-0.25, -0.2) is 0 Å². The highest BCUT2D eigenvalue weighted by Gasteiger charge is 2.00. The second-order valence-corrected chi connectivity index (χ2v) is 1.88. The molecule has 0 aromatic rings. The lowest BCUT2D eigenvalue weighted by atomic mass is 10.3. The van der Waals surface area contributed by atoms with Crippen LogP contribution in [0.3, 0.4) is 0 Å². The number of nitrogens with zero attached hydrogens (tertiary/aromatic N) is 1. The number of halogens is 1. The van der Waals surface area contributed by atoms with Crippen molar-refractivity contribution in [2.24, 2.45) is 5.73 Å². The topological polar surface area (TPSA) is 29.3 Å². The maximum Gasteiger partial charge on any atom is 0.0956 e. The highest BCUT2D eigenvalue weighted by Crippen LogP contribution is 1.97. The molecule has 0 aromatic heterocycles. The zero-order valence-corrected chi connectivity index (χ0v) is 6.14. The summed E-state index contributed by atoms with van der Waals surface area (Å²) in [5, 5.41) is 0. The van der Waals surface area contributed by atoms with E-state index >= 15 is 0 Å². The van der Waals surface area contributed by atoms with Gasteiger partial charge in [0.15, 0.2) is 0 Å². The Labute approximate surface area is 61.4 Å². The normalized spacial score (nSPS) is 23.8. The smallest absolute Gasteiger partial charge is 0.0956 e. The van der Waals surface area contributed by atoms with E-state index in [1.807, 2.05) is 36.4 Å². The zero-order valence-electron chi connectivity index (χ0n) is 5.32. The fourth-order valence-corrected chi connectivity index (χ4v) is 0.599. The van der Waals surface area contributed by atoms with Gasteiger partial charge >= 0.3 is 0 Å². The molecule has 0 spiro atoms. The Hall–Kier alpha value is -0.470. The minimum atomic E-state index is 0. The monoisotopic (exact) mass is 146 g/mol. The van der Waals surface area contributed by atoms with Crippen LogP contribution in [-0.4, -0.2) is 18.1 Å². The van der Waals surface area contributed by atoms with E-state index < -0.39 is 0 Å². The van der Waals surface area contributed by atoms with Crippen LogP contribution in [0.1, 0.15) is 0 Å². The Kier molecular flexibility index (Phi) is 3.35. The molecule has 3 heteroatoms. The van der Waals surface area contributed by atoms with E-state index in [-0.39, 0.29) is 18.6 Å². The Morgan fingerprint density at radius 1 is 1.44 bits per heavy atom. The SMILES string of the molecule is CN1C=CC=CC1N.Cl. The summed E-state index contributed by atoms with van der Waals surface area (Å²) in [7, 11) is 1.95. The van der Waals surface area contributed by atoms with E-state index in [2.05, 4.69) is 0 Å². The first kappa shape index (κ1) is 8.53. The van der Waals surface area contributed by atoms with Gasteiger partial charge in [0.2, 0.25) is 0 Å². The second kappa shape index (κ2) is 3.54. The Morgan fingerprint density at radius 3 is 2.44 bits per heavy atom. The molecule has 2 N–H and O–H groups in total. The molecule has 0 aliphatic carbocycles. The maximum absolute atomic E-state index is 5.57. The van der Waals surface area contributed by atoms with Gasteiger partial charge in [-0.1, -0.05) is 6.08 Å². The Balaban J connectivity index is 0.000000640. The maximum atomic E-state index is 5.57. The fraction of sp³-hybridized carbons (Fsp3) is 0.333. The van der Waals surface area contributed by atoms with E-state index in [0.29, 0.717) is 0 Å². The molecule has 0 amide bonds. The molecule has 52 valence electrons. The lowest BCUT2D eigenvalue weighted by Crippen LogP contribution is -2.34. The lowest BCUT2D eigenvalue weighted by Gasteiger charge is -2.21. The van der Waals surface area contributed by atoms with Crippen LogP contribution in [0.5, 0.6) is 0 Å². The van der Waals surface area contributed by atoms with Crippen LogP contribution >= 0.6 is 12.4 Å². The van der Waals surface area contributed by atoms with E-state index in [1.54, 1.807) is 0 Å². The van der Waals surface area contributed by atoms with Crippen LogP contribution in [0.4, 0.5) is 0 Å². The molecule has 0 fully saturated rings. The van der Waals surface area contributed by atoms with Gasteiger partial charge in [0.1, 0.15) is 0 Å². The van der Waals surface area contributed by atoms with Crippen molar-refractivity contribution < 1.29 is 0 Å². The van der Waals surface area contributed by atoms with Gasteiger partial charge in [0, 0.05) is 13.2 Å². The van der Waals surface area contributed by atoms with Crippen LogP contribution < -0.4 is 5.73 Å². The highest BCUT2D eigenvalue weighted by atomic mass is 35.5. The van der Waals surface area contributed by atoms with Gasteiger partial charge in [-0.3, -0.25) is 0 Å². The van der Waals surface area contributed by atoms with Gasteiger partial charge in [-0.15, -0.1) is 12.4 Å². The first-order chi connectivity index (χ1) is 3.80. The van der Waals surface area contributed by atoms with E-state index in [4.69, 9.17) is 5.73 Å². The van der Waals surface area contributed by atoms with Gasteiger partial charge in [0.25, 0.3) is 0 Å². The second-order valence-electron chi connectivity index (χ2n) is 1.88. The Bertz CT molecular complexity index is 115. The largest absolute Gasteiger partial charge is 0.362 e. The van der Waals surface area contributed by atoms with Crippen molar-refractivity contribution in [3.63, 3.8) is 0 Å². The van der Waals surface area contributed by atoms with E-state index in [0.717, 1.165) is 0 Å². The third kappa shape index (κ3) is 2.08. The summed E-state index contributed by atoms with van der Waals surface area (Å²) >= 11 is 0. The number of nitrogens with two attached hydrogens (primary N) is 1. The molecule has 1 atom stereocenters. The summed E-state index contributed by atoms with van der Waals surface area (Å²) in [5.74, 6) is 0. The molecule has 1 rings (SSSR count). The average molecular weight is 147 g/mol. The van der Waals surface area contributed by atoms with Gasteiger partial charge in [-0.2, -0.15) is 0 Å². The van der Waals surface area contributed by atoms with Gasteiger partial charge in [0.05, 0.1) is 6.17 Å². The first-order valence-electron chi connectivity index (χ1n) is 2.63. The number of allylic oxidation sites excluding steroid dienone is 2. The van der Waals surface area contributed by atoms with Crippen molar-refractivity contribution in [2.45, 2.75) is 6.17 Å². The summed E-state index contributed by atoms with van der Waals surface area (Å²) in [6.07, 6.45) is 7.87. The highest BCUT2D eigenvalue weighted by molar-refractivity contribution is 5.85. The number of rotatable bonds is 0. The molecule has 9 heavy (non-hydrogen) atoms. The molecule has 0 saturated heterocycles. The fourth-order valence-electron chi connectivity index (χ4n) is 0.599. The number of likely N-dealkylation sites (N-methyl/N-ethyl adjacent to an activating group) is 1. The number of hydrogen-bond acceptors (Lipinski definition) is 2. The summed E-state index contributed by atoms with van der Waals surface area (Å²) in [6, 6.07) is 0. The third-order valence-corrected chi connectivity index (χ3v) is 1.21. The van der Waals surface area contributed by atoms with Crippen molar-refractivity contribution in [3.05, 3.63) is 24.4 Å². The molecular weight excluding hydrogens is 136 g/mol. The molecule has 0 aromatic carbocycles. The summed E-state index contributed by atoms with van der Waals surface area (Å²) in [4.78, 5) is 1.94. The van der Waals surface area contributed by atoms with Crippen LogP contribution in [0, 0.1) is 0 Å². The summed E-state index contributed by atoms with van der Waals surface area (Å²) < 4.78 is 0. The van der Waals surface area contributed by atoms with Crippen LogP contribution in [0.25, 0.3) is 0 Å². The summed E-state index contributed by atoms with van der Waals surface area (Å²) in [5.41, 5.74) is 5.57. The molecule has 1 heterocycles. The predicted octanol–water partition coefficient (Wildman–Crippen LogP) is 0.708. The minimum Gasteiger partial charge on any atom is -0.362 e. The minimum absolute atomic E-state index is 0. The molecule has 0 saturated carbocycles. The molecule has 0 bridgehead atoms. The Morgan fingerprint density at radius 2 is 2.11 bits per heavy atom. The van der Waals surface area contributed by atoms with Crippen LogP contribution in [0.15, 0.2) is 24.4 Å². The molecule has 0 radical (unpaired) electrons. The lowest BCUT2D eigenvalue weighted by molar-refractivity contribution is 0.389.